The first-order valence-corrected chi connectivity index (χ1v) is 7.23. The summed E-state index contributed by atoms with van der Waals surface area (Å²) in [5, 5.41) is 31.1. The van der Waals surface area contributed by atoms with E-state index in [9.17, 15) is 29.1 Å². The van der Waals surface area contributed by atoms with Crippen LogP contribution < -0.4 is 22.1 Å². The molecular weight excluding hydrogens is 340 g/mol. The van der Waals surface area contributed by atoms with Gasteiger partial charge < -0.3 is 37.4 Å². The molecule has 25 heavy (non-hydrogen) atoms. The molecule has 3 amide bonds. The number of carbonyl (C=O) groups is 5. The lowest BCUT2D eigenvalue weighted by atomic mass is 10.1. The van der Waals surface area contributed by atoms with E-state index in [0.29, 0.717) is 0 Å². The number of aliphatic carboxylic acids is 2. The van der Waals surface area contributed by atoms with Gasteiger partial charge in [0.15, 0.2) is 0 Å². The Labute approximate surface area is 142 Å². The van der Waals surface area contributed by atoms with Crippen LogP contribution in [0.1, 0.15) is 26.2 Å². The average molecular weight is 362 g/mol. The van der Waals surface area contributed by atoms with Crippen molar-refractivity contribution in [3.63, 3.8) is 0 Å². The molecule has 0 fully saturated rings. The van der Waals surface area contributed by atoms with Gasteiger partial charge in [0, 0.05) is 6.42 Å². The zero-order valence-corrected chi connectivity index (χ0v) is 13.5. The summed E-state index contributed by atoms with van der Waals surface area (Å²) < 4.78 is 0. The SMILES string of the molecule is CC(O)C(N)C(=O)NC(CC(=O)O)C(=O)NC(CCC(N)=O)C(=O)O. The summed E-state index contributed by atoms with van der Waals surface area (Å²) in [5.74, 6) is -5.75. The van der Waals surface area contributed by atoms with Gasteiger partial charge in [0.2, 0.25) is 17.7 Å². The molecule has 0 spiro atoms. The Morgan fingerprint density at radius 2 is 1.52 bits per heavy atom. The highest BCUT2D eigenvalue weighted by molar-refractivity contribution is 5.94. The van der Waals surface area contributed by atoms with E-state index in [4.69, 9.17) is 21.7 Å². The number of carboxylic acid groups (broad SMARTS) is 2. The largest absolute Gasteiger partial charge is 0.481 e. The van der Waals surface area contributed by atoms with Gasteiger partial charge in [0.25, 0.3) is 0 Å². The van der Waals surface area contributed by atoms with Crippen LogP contribution >= 0.6 is 0 Å². The molecule has 0 heterocycles. The van der Waals surface area contributed by atoms with Gasteiger partial charge in [0.1, 0.15) is 18.1 Å². The molecule has 0 aliphatic carbocycles. The van der Waals surface area contributed by atoms with E-state index < -0.39 is 60.3 Å². The van der Waals surface area contributed by atoms with Gasteiger partial charge in [-0.05, 0) is 13.3 Å². The second-order valence-corrected chi connectivity index (χ2v) is 5.33. The summed E-state index contributed by atoms with van der Waals surface area (Å²) in [6.45, 7) is 1.22. The van der Waals surface area contributed by atoms with Crippen LogP contribution in [0.15, 0.2) is 0 Å². The third-order valence-corrected chi connectivity index (χ3v) is 3.13. The molecule has 142 valence electrons. The highest BCUT2D eigenvalue weighted by Crippen LogP contribution is 2.01. The summed E-state index contributed by atoms with van der Waals surface area (Å²) in [6, 6.07) is -4.53. The van der Waals surface area contributed by atoms with Crippen molar-refractivity contribution in [1.29, 1.82) is 0 Å². The van der Waals surface area contributed by atoms with Crippen molar-refractivity contribution in [2.75, 3.05) is 0 Å². The maximum atomic E-state index is 12.1. The number of carbonyl (C=O) groups excluding carboxylic acids is 3. The molecule has 4 atom stereocenters. The molecular formula is C13H22N4O8. The Morgan fingerprint density at radius 1 is 1.00 bits per heavy atom. The molecule has 0 saturated heterocycles. The molecule has 4 unspecified atom stereocenters. The van der Waals surface area contributed by atoms with E-state index in [2.05, 4.69) is 0 Å². The van der Waals surface area contributed by atoms with Crippen LogP contribution in [-0.4, -0.2) is 69.2 Å². The summed E-state index contributed by atoms with van der Waals surface area (Å²) in [4.78, 5) is 56.5. The number of carboxylic acids is 2. The van der Waals surface area contributed by atoms with Crippen molar-refractivity contribution in [3.8, 4) is 0 Å². The van der Waals surface area contributed by atoms with E-state index in [1.165, 1.54) is 6.92 Å². The molecule has 0 aliphatic rings. The molecule has 9 N–H and O–H groups in total. The van der Waals surface area contributed by atoms with Crippen LogP contribution in [0, 0.1) is 0 Å². The number of aliphatic hydroxyl groups is 1. The van der Waals surface area contributed by atoms with Crippen molar-refractivity contribution in [1.82, 2.24) is 10.6 Å². The third kappa shape index (κ3) is 8.62. The molecule has 12 nitrogen and oxygen atoms in total. The minimum absolute atomic E-state index is 0.308. The van der Waals surface area contributed by atoms with E-state index in [-0.39, 0.29) is 12.8 Å². The zero-order chi connectivity index (χ0) is 19.7. The van der Waals surface area contributed by atoms with Crippen molar-refractivity contribution >= 4 is 29.7 Å². The van der Waals surface area contributed by atoms with E-state index >= 15 is 0 Å². The van der Waals surface area contributed by atoms with Crippen LogP contribution in [0.5, 0.6) is 0 Å². The quantitative estimate of drug-likeness (QED) is 0.193. The summed E-state index contributed by atoms with van der Waals surface area (Å²) in [7, 11) is 0. The Bertz CT molecular complexity index is 536. The molecule has 0 aromatic heterocycles. The third-order valence-electron chi connectivity index (χ3n) is 3.13. The van der Waals surface area contributed by atoms with Crippen molar-refractivity contribution in [2.45, 2.75) is 50.4 Å². The number of rotatable bonds is 11. The molecule has 0 aromatic carbocycles. The first-order valence-electron chi connectivity index (χ1n) is 7.23. The number of aliphatic hydroxyl groups excluding tert-OH is 1. The standard InChI is InChI=1S/C13H22N4O8/c1-5(18)10(15)12(23)17-7(4-9(20)21)11(22)16-6(13(24)25)2-3-8(14)19/h5-7,10,18H,2-4,15H2,1H3,(H2,14,19)(H,16,22)(H,17,23)(H,20,21)(H,24,25). The number of primary amides is 1. The first-order chi connectivity index (χ1) is 11.5. The summed E-state index contributed by atoms with van der Waals surface area (Å²) in [5.41, 5.74) is 10.3. The van der Waals surface area contributed by atoms with Crippen LogP contribution in [0.2, 0.25) is 0 Å². The molecule has 0 saturated carbocycles. The first kappa shape index (κ1) is 22.3. The van der Waals surface area contributed by atoms with Crippen molar-refractivity contribution in [3.05, 3.63) is 0 Å². The molecule has 0 aromatic rings. The van der Waals surface area contributed by atoms with E-state index in [1.807, 2.05) is 10.6 Å². The van der Waals surface area contributed by atoms with Gasteiger partial charge in [-0.2, -0.15) is 0 Å². The maximum Gasteiger partial charge on any atom is 0.326 e. The van der Waals surface area contributed by atoms with Gasteiger partial charge in [0.05, 0.1) is 12.5 Å². The van der Waals surface area contributed by atoms with E-state index in [0.717, 1.165) is 0 Å². The topological polar surface area (TPSA) is 222 Å². The fourth-order valence-corrected chi connectivity index (χ4v) is 1.69. The minimum atomic E-state index is -1.62. The molecule has 0 aliphatic heterocycles. The molecule has 12 heteroatoms. The number of hydrogen-bond acceptors (Lipinski definition) is 7. The Hall–Kier alpha value is -2.73. The highest BCUT2D eigenvalue weighted by atomic mass is 16.4. The lowest BCUT2D eigenvalue weighted by Gasteiger charge is -2.22. The lowest BCUT2D eigenvalue weighted by molar-refractivity contribution is -0.143. The second kappa shape index (κ2) is 10.2. The predicted octanol–water partition coefficient (Wildman–Crippen LogP) is -3.51. The zero-order valence-electron chi connectivity index (χ0n) is 13.5. The van der Waals surface area contributed by atoms with Crippen LogP contribution in [-0.2, 0) is 24.0 Å². The van der Waals surface area contributed by atoms with Gasteiger partial charge in [-0.25, -0.2) is 4.79 Å². The van der Waals surface area contributed by atoms with Crippen LogP contribution in [0.4, 0.5) is 0 Å². The second-order valence-electron chi connectivity index (χ2n) is 5.33. The smallest absolute Gasteiger partial charge is 0.326 e. The minimum Gasteiger partial charge on any atom is -0.481 e. The van der Waals surface area contributed by atoms with Gasteiger partial charge in [-0.1, -0.05) is 0 Å². The number of nitrogens with two attached hydrogens (primary N) is 2. The number of amides is 3. The summed E-state index contributed by atoms with van der Waals surface area (Å²) >= 11 is 0. The fourth-order valence-electron chi connectivity index (χ4n) is 1.69. The predicted molar refractivity (Wildman–Crippen MR) is 81.8 cm³/mol. The van der Waals surface area contributed by atoms with Crippen molar-refractivity contribution < 1.29 is 39.3 Å². The normalized spacial score (nSPS) is 15.3. The lowest BCUT2D eigenvalue weighted by Crippen LogP contribution is -2.56. The Morgan fingerprint density at radius 3 is 1.92 bits per heavy atom. The van der Waals surface area contributed by atoms with Crippen LogP contribution in [0.25, 0.3) is 0 Å². The van der Waals surface area contributed by atoms with Gasteiger partial charge in [-0.15, -0.1) is 0 Å². The monoisotopic (exact) mass is 362 g/mol. The molecule has 0 bridgehead atoms. The average Bonchev–Trinajstić information content (AvgIpc) is 2.48. The fraction of sp³-hybridized carbons (Fsp3) is 0.615. The maximum absolute atomic E-state index is 12.1. The Kier molecular flexibility index (Phi) is 9.09. The van der Waals surface area contributed by atoms with Crippen molar-refractivity contribution in [2.24, 2.45) is 11.5 Å². The van der Waals surface area contributed by atoms with Gasteiger partial charge in [-0.3, -0.25) is 19.2 Å². The van der Waals surface area contributed by atoms with Crippen LogP contribution in [0.3, 0.4) is 0 Å². The summed E-state index contributed by atoms with van der Waals surface area (Å²) in [6.07, 6.45) is -2.72. The molecule has 0 radical (unpaired) electrons. The number of hydrogen-bond donors (Lipinski definition) is 7. The molecule has 0 rings (SSSR count). The Balaban J connectivity index is 5.08. The van der Waals surface area contributed by atoms with Gasteiger partial charge >= 0.3 is 11.9 Å². The highest BCUT2D eigenvalue weighted by Gasteiger charge is 2.30. The van der Waals surface area contributed by atoms with E-state index in [1.54, 1.807) is 0 Å². The number of nitrogens with one attached hydrogen (secondary N) is 2.